The lowest BCUT2D eigenvalue weighted by Crippen LogP contribution is -2.04. The van der Waals surface area contributed by atoms with E-state index >= 15 is 0 Å². The van der Waals surface area contributed by atoms with Gasteiger partial charge in [0.15, 0.2) is 10.4 Å². The zero-order valence-corrected chi connectivity index (χ0v) is 9.11. The molecule has 1 unspecified atom stereocenters. The second-order valence-electron chi connectivity index (χ2n) is 2.96. The van der Waals surface area contributed by atoms with Gasteiger partial charge in [-0.1, -0.05) is 0 Å². The van der Waals surface area contributed by atoms with Gasteiger partial charge < -0.3 is 14.6 Å². The molecule has 0 saturated heterocycles. The Hall–Kier alpha value is -1.07. The van der Waals surface area contributed by atoms with E-state index in [0.29, 0.717) is 16.3 Å². The first kappa shape index (κ1) is 9.48. The maximum Gasteiger partial charge on any atom is 0.211 e. The maximum absolute atomic E-state index is 5.63. The van der Waals surface area contributed by atoms with E-state index in [1.54, 1.807) is 18.5 Å². The first-order valence-electron chi connectivity index (χ1n) is 4.13. The van der Waals surface area contributed by atoms with Gasteiger partial charge in [0.05, 0.1) is 24.1 Å². The third-order valence-electron chi connectivity index (χ3n) is 1.80. The predicted molar refractivity (Wildman–Crippen MR) is 54.5 cm³/mol. The summed E-state index contributed by atoms with van der Waals surface area (Å²) in [6.07, 6.45) is 3.21. The van der Waals surface area contributed by atoms with Gasteiger partial charge in [-0.3, -0.25) is 0 Å². The molecule has 0 radical (unpaired) electrons. The topological polar surface area (TPSA) is 65.2 Å². The minimum Gasteiger partial charge on any atom is -0.457 e. The first-order valence-corrected chi connectivity index (χ1v) is 4.92. The SMILES string of the molecule is CC(N)c1ncc(-c2ccoc2Br)o1. The number of hydrogen-bond donors (Lipinski definition) is 1. The van der Waals surface area contributed by atoms with Crippen molar-refractivity contribution in [2.24, 2.45) is 5.73 Å². The lowest BCUT2D eigenvalue weighted by Gasteiger charge is -1.96. The van der Waals surface area contributed by atoms with Crippen molar-refractivity contribution in [1.82, 2.24) is 4.98 Å². The van der Waals surface area contributed by atoms with E-state index in [2.05, 4.69) is 20.9 Å². The number of nitrogens with zero attached hydrogens (tertiary/aromatic N) is 1. The largest absolute Gasteiger partial charge is 0.457 e. The summed E-state index contributed by atoms with van der Waals surface area (Å²) in [7, 11) is 0. The fourth-order valence-corrected chi connectivity index (χ4v) is 1.53. The van der Waals surface area contributed by atoms with Crippen LogP contribution in [0.1, 0.15) is 18.9 Å². The van der Waals surface area contributed by atoms with Gasteiger partial charge in [0.1, 0.15) is 0 Å². The van der Waals surface area contributed by atoms with Gasteiger partial charge in [0, 0.05) is 0 Å². The molecule has 2 aromatic rings. The van der Waals surface area contributed by atoms with Gasteiger partial charge in [-0.25, -0.2) is 4.98 Å². The summed E-state index contributed by atoms with van der Waals surface area (Å²) in [5.74, 6) is 1.17. The molecule has 4 nitrogen and oxygen atoms in total. The number of nitrogens with two attached hydrogens (primary N) is 1. The van der Waals surface area contributed by atoms with E-state index in [4.69, 9.17) is 14.6 Å². The molecular weight excluding hydrogens is 248 g/mol. The number of oxazole rings is 1. The highest BCUT2D eigenvalue weighted by atomic mass is 79.9. The van der Waals surface area contributed by atoms with Gasteiger partial charge in [-0.2, -0.15) is 0 Å². The van der Waals surface area contributed by atoms with Crippen molar-refractivity contribution in [3.63, 3.8) is 0 Å². The molecule has 2 aromatic heterocycles. The number of hydrogen-bond acceptors (Lipinski definition) is 4. The highest BCUT2D eigenvalue weighted by Gasteiger charge is 2.13. The molecule has 0 saturated carbocycles. The molecule has 0 spiro atoms. The third kappa shape index (κ3) is 1.60. The van der Waals surface area contributed by atoms with E-state index in [0.717, 1.165) is 5.56 Å². The van der Waals surface area contributed by atoms with Crippen LogP contribution in [0.15, 0.2) is 32.0 Å². The van der Waals surface area contributed by atoms with E-state index < -0.39 is 0 Å². The lowest BCUT2D eigenvalue weighted by atomic mass is 10.3. The van der Waals surface area contributed by atoms with Crippen LogP contribution in [0.4, 0.5) is 0 Å². The van der Waals surface area contributed by atoms with Gasteiger partial charge >= 0.3 is 0 Å². The highest BCUT2D eigenvalue weighted by Crippen LogP contribution is 2.30. The quantitative estimate of drug-likeness (QED) is 0.898. The zero-order chi connectivity index (χ0) is 10.1. The molecule has 0 aromatic carbocycles. The van der Waals surface area contributed by atoms with Gasteiger partial charge in [-0.05, 0) is 28.9 Å². The van der Waals surface area contributed by atoms with Crippen molar-refractivity contribution in [1.29, 1.82) is 0 Å². The van der Waals surface area contributed by atoms with E-state index in [1.165, 1.54) is 0 Å². The second kappa shape index (κ2) is 3.59. The van der Waals surface area contributed by atoms with Crippen molar-refractivity contribution in [2.45, 2.75) is 13.0 Å². The van der Waals surface area contributed by atoms with Crippen LogP contribution in [0, 0.1) is 0 Å². The number of aromatic nitrogens is 1. The van der Waals surface area contributed by atoms with Crippen molar-refractivity contribution >= 4 is 15.9 Å². The third-order valence-corrected chi connectivity index (χ3v) is 2.41. The fourth-order valence-electron chi connectivity index (χ4n) is 1.09. The number of furan rings is 1. The predicted octanol–water partition coefficient (Wildman–Crippen LogP) is 2.72. The van der Waals surface area contributed by atoms with Crippen molar-refractivity contribution < 1.29 is 8.83 Å². The van der Waals surface area contributed by atoms with E-state index in [-0.39, 0.29) is 6.04 Å². The zero-order valence-electron chi connectivity index (χ0n) is 7.53. The molecular formula is C9H9BrN2O2. The molecule has 14 heavy (non-hydrogen) atoms. The summed E-state index contributed by atoms with van der Waals surface area (Å²) >= 11 is 3.26. The molecule has 0 fully saturated rings. The summed E-state index contributed by atoms with van der Waals surface area (Å²) in [5.41, 5.74) is 6.46. The molecule has 74 valence electrons. The monoisotopic (exact) mass is 256 g/mol. The Morgan fingerprint density at radius 2 is 2.36 bits per heavy atom. The average molecular weight is 257 g/mol. The van der Waals surface area contributed by atoms with E-state index in [9.17, 15) is 0 Å². The normalized spacial score (nSPS) is 13.1. The smallest absolute Gasteiger partial charge is 0.211 e. The molecule has 0 aliphatic carbocycles. The molecule has 0 bridgehead atoms. The van der Waals surface area contributed by atoms with Crippen molar-refractivity contribution in [3.05, 3.63) is 29.1 Å². The summed E-state index contributed by atoms with van der Waals surface area (Å²) in [6.45, 7) is 1.82. The van der Waals surface area contributed by atoms with Crippen LogP contribution >= 0.6 is 15.9 Å². The summed E-state index contributed by atoms with van der Waals surface area (Å²) in [4.78, 5) is 4.06. The summed E-state index contributed by atoms with van der Waals surface area (Å²) < 4.78 is 11.2. The summed E-state index contributed by atoms with van der Waals surface area (Å²) in [6, 6.07) is 1.60. The van der Waals surface area contributed by atoms with Crippen molar-refractivity contribution in [2.75, 3.05) is 0 Å². The molecule has 0 aliphatic heterocycles. The second-order valence-corrected chi connectivity index (χ2v) is 3.68. The van der Waals surface area contributed by atoms with Crippen LogP contribution in [-0.2, 0) is 0 Å². The summed E-state index contributed by atoms with van der Waals surface area (Å²) in [5, 5.41) is 0. The van der Waals surface area contributed by atoms with Crippen LogP contribution in [0.3, 0.4) is 0 Å². The Morgan fingerprint density at radius 1 is 1.57 bits per heavy atom. The van der Waals surface area contributed by atoms with Gasteiger partial charge in [-0.15, -0.1) is 0 Å². The fraction of sp³-hybridized carbons (Fsp3) is 0.222. The Kier molecular flexibility index (Phi) is 2.43. The molecule has 2 heterocycles. The minimum absolute atomic E-state index is 0.200. The Labute approximate surface area is 89.2 Å². The number of halogens is 1. The van der Waals surface area contributed by atoms with Gasteiger partial charge in [0.2, 0.25) is 5.89 Å². The molecule has 2 rings (SSSR count). The minimum atomic E-state index is -0.200. The van der Waals surface area contributed by atoms with Crippen LogP contribution < -0.4 is 5.73 Å². The van der Waals surface area contributed by atoms with Crippen LogP contribution in [0.2, 0.25) is 0 Å². The van der Waals surface area contributed by atoms with Crippen molar-refractivity contribution in [3.8, 4) is 11.3 Å². The lowest BCUT2D eigenvalue weighted by molar-refractivity contribution is 0.472. The molecule has 2 N–H and O–H groups in total. The molecule has 0 aliphatic rings. The molecule has 1 atom stereocenters. The maximum atomic E-state index is 5.63. The Morgan fingerprint density at radius 3 is 2.86 bits per heavy atom. The van der Waals surface area contributed by atoms with Crippen LogP contribution in [0.5, 0.6) is 0 Å². The standard InChI is InChI=1S/C9H9BrN2O2/c1-5(11)9-12-4-7(14-9)6-2-3-13-8(6)10/h2-5H,11H2,1H3. The highest BCUT2D eigenvalue weighted by molar-refractivity contribution is 9.10. The Bertz CT molecular complexity index is 433. The average Bonchev–Trinajstić information content (AvgIpc) is 2.71. The van der Waals surface area contributed by atoms with Gasteiger partial charge in [0.25, 0.3) is 0 Å². The van der Waals surface area contributed by atoms with Crippen LogP contribution in [0.25, 0.3) is 11.3 Å². The first-order chi connectivity index (χ1) is 6.68. The van der Waals surface area contributed by atoms with Crippen LogP contribution in [-0.4, -0.2) is 4.98 Å². The Balaban J connectivity index is 2.39. The molecule has 5 heteroatoms. The number of rotatable bonds is 2. The molecule has 0 amide bonds. The van der Waals surface area contributed by atoms with E-state index in [1.807, 2.05) is 6.92 Å².